The fourth-order valence-corrected chi connectivity index (χ4v) is 3.24. The summed E-state index contributed by atoms with van der Waals surface area (Å²) in [5.74, 6) is 1.08. The number of ether oxygens (including phenoxy) is 1. The van der Waals surface area contributed by atoms with Crippen LogP contribution in [0.15, 0.2) is 36.5 Å². The summed E-state index contributed by atoms with van der Waals surface area (Å²) in [6, 6.07) is 9.70. The van der Waals surface area contributed by atoms with Gasteiger partial charge in [-0.25, -0.2) is 0 Å². The highest BCUT2D eigenvalue weighted by Gasteiger charge is 2.04. The van der Waals surface area contributed by atoms with Crippen molar-refractivity contribution in [2.75, 3.05) is 25.4 Å². The SMILES string of the molecule is O=S(=O)(O)SCCNCCCOc1cccc2cccnc12. The van der Waals surface area contributed by atoms with Crippen molar-refractivity contribution in [2.24, 2.45) is 0 Å². The molecule has 6 nitrogen and oxygen atoms in total. The summed E-state index contributed by atoms with van der Waals surface area (Å²) in [7, 11) is -3.41. The number of aromatic nitrogens is 1. The van der Waals surface area contributed by atoms with Gasteiger partial charge in [0.25, 0.3) is 0 Å². The lowest BCUT2D eigenvalue weighted by atomic mass is 10.2. The molecule has 0 saturated heterocycles. The Kier molecular flexibility index (Phi) is 6.44. The van der Waals surface area contributed by atoms with E-state index < -0.39 is 9.15 Å². The van der Waals surface area contributed by atoms with E-state index in [4.69, 9.17) is 9.29 Å². The van der Waals surface area contributed by atoms with Crippen LogP contribution >= 0.6 is 10.8 Å². The van der Waals surface area contributed by atoms with E-state index in [1.165, 1.54) is 0 Å². The molecule has 0 saturated carbocycles. The van der Waals surface area contributed by atoms with E-state index in [9.17, 15) is 8.42 Å². The van der Waals surface area contributed by atoms with Crippen LogP contribution in [0.5, 0.6) is 5.75 Å². The molecule has 0 aliphatic heterocycles. The Hall–Kier alpha value is -1.35. The fourth-order valence-electron chi connectivity index (χ4n) is 1.92. The summed E-state index contributed by atoms with van der Waals surface area (Å²) >= 11 is 0. The molecule has 1 heterocycles. The van der Waals surface area contributed by atoms with Gasteiger partial charge in [0.05, 0.1) is 6.61 Å². The van der Waals surface area contributed by atoms with E-state index in [0.29, 0.717) is 36.2 Å². The van der Waals surface area contributed by atoms with Crippen LogP contribution in [-0.4, -0.2) is 43.4 Å². The predicted molar refractivity (Wildman–Crippen MR) is 88.7 cm³/mol. The first kappa shape index (κ1) is 17.0. The third-order valence-electron chi connectivity index (χ3n) is 2.86. The van der Waals surface area contributed by atoms with E-state index in [2.05, 4.69) is 10.3 Å². The number of hydrogen-bond donors (Lipinski definition) is 2. The zero-order chi connectivity index (χ0) is 15.8. The van der Waals surface area contributed by atoms with E-state index in [1.54, 1.807) is 6.20 Å². The van der Waals surface area contributed by atoms with Gasteiger partial charge in [-0.05, 0) is 35.9 Å². The van der Waals surface area contributed by atoms with Crippen LogP contribution in [0.25, 0.3) is 10.9 Å². The van der Waals surface area contributed by atoms with E-state index in [0.717, 1.165) is 23.1 Å². The molecule has 0 radical (unpaired) electrons. The zero-order valence-corrected chi connectivity index (χ0v) is 13.6. The number of para-hydroxylation sites is 1. The first-order chi connectivity index (χ1) is 10.6. The Labute approximate surface area is 133 Å². The second kappa shape index (κ2) is 8.33. The maximum Gasteiger partial charge on any atom is 0.319 e. The lowest BCUT2D eigenvalue weighted by Gasteiger charge is -2.09. The summed E-state index contributed by atoms with van der Waals surface area (Å²) in [4.78, 5) is 4.32. The molecule has 120 valence electrons. The molecular weight excluding hydrogens is 324 g/mol. The van der Waals surface area contributed by atoms with E-state index >= 15 is 0 Å². The summed E-state index contributed by atoms with van der Waals surface area (Å²) in [5, 5.41) is 4.13. The summed E-state index contributed by atoms with van der Waals surface area (Å²) in [5.41, 5.74) is 0.850. The third-order valence-corrected chi connectivity index (χ3v) is 4.92. The maximum absolute atomic E-state index is 10.5. The highest BCUT2D eigenvalue weighted by Crippen LogP contribution is 2.22. The van der Waals surface area contributed by atoms with Gasteiger partial charge in [0.15, 0.2) is 0 Å². The second-order valence-electron chi connectivity index (χ2n) is 4.53. The molecule has 1 aromatic carbocycles. The average Bonchev–Trinajstić information content (AvgIpc) is 2.49. The molecule has 1 aromatic heterocycles. The lowest BCUT2D eigenvalue weighted by molar-refractivity contribution is 0.311. The second-order valence-corrected chi connectivity index (χ2v) is 8.00. The molecule has 0 bridgehead atoms. The molecule has 0 aliphatic rings. The smallest absolute Gasteiger partial charge is 0.319 e. The van der Waals surface area contributed by atoms with Crippen LogP contribution in [0.1, 0.15) is 6.42 Å². The molecule has 2 rings (SSSR count). The molecule has 0 spiro atoms. The van der Waals surface area contributed by atoms with E-state index in [1.807, 2.05) is 30.3 Å². The minimum absolute atomic E-state index is 0.312. The molecule has 22 heavy (non-hydrogen) atoms. The Morgan fingerprint density at radius 1 is 1.23 bits per heavy atom. The first-order valence-corrected chi connectivity index (χ1v) is 9.79. The third kappa shape index (κ3) is 5.80. The molecule has 0 fully saturated rings. The number of fused-ring (bicyclic) bond motifs is 1. The maximum atomic E-state index is 10.5. The Morgan fingerprint density at radius 2 is 2.05 bits per heavy atom. The summed E-state index contributed by atoms with van der Waals surface area (Å²) in [6.45, 7) is 1.78. The van der Waals surface area contributed by atoms with Crippen molar-refractivity contribution < 1.29 is 17.7 Å². The van der Waals surface area contributed by atoms with Gasteiger partial charge in [-0.15, -0.1) is 0 Å². The number of benzene rings is 1. The van der Waals surface area contributed by atoms with Gasteiger partial charge in [-0.1, -0.05) is 18.2 Å². The van der Waals surface area contributed by atoms with Crippen molar-refractivity contribution in [3.63, 3.8) is 0 Å². The Morgan fingerprint density at radius 3 is 2.86 bits per heavy atom. The molecule has 0 atom stereocenters. The number of rotatable bonds is 9. The minimum atomic E-state index is -3.93. The van der Waals surface area contributed by atoms with E-state index in [-0.39, 0.29) is 0 Å². The Bertz CT molecular complexity index is 702. The lowest BCUT2D eigenvalue weighted by Crippen LogP contribution is -2.20. The van der Waals surface area contributed by atoms with Gasteiger partial charge in [-0.3, -0.25) is 9.54 Å². The normalized spacial score (nSPS) is 11.7. The quantitative estimate of drug-likeness (QED) is 0.410. The molecular formula is C14H18N2O4S2. The summed E-state index contributed by atoms with van der Waals surface area (Å²) in [6.07, 6.45) is 2.53. The van der Waals surface area contributed by atoms with Crippen molar-refractivity contribution in [3.8, 4) is 5.75 Å². The van der Waals surface area contributed by atoms with Crippen molar-refractivity contribution in [2.45, 2.75) is 6.42 Å². The largest absolute Gasteiger partial charge is 0.491 e. The molecule has 8 heteroatoms. The number of pyridine rings is 1. The number of nitrogens with zero attached hydrogens (tertiary/aromatic N) is 1. The van der Waals surface area contributed by atoms with Crippen LogP contribution < -0.4 is 10.1 Å². The van der Waals surface area contributed by atoms with Crippen molar-refractivity contribution in [1.29, 1.82) is 0 Å². The first-order valence-electron chi connectivity index (χ1n) is 6.85. The van der Waals surface area contributed by atoms with Crippen LogP contribution in [0.4, 0.5) is 0 Å². The van der Waals surface area contributed by atoms with Crippen LogP contribution in [0.2, 0.25) is 0 Å². The topological polar surface area (TPSA) is 88.5 Å². The number of hydrogen-bond acceptors (Lipinski definition) is 6. The standard InChI is InChI=1S/C14H18N2O4S2/c17-22(18,19)21-11-9-15-7-3-10-20-13-6-1-4-12-5-2-8-16-14(12)13/h1-2,4-6,8,15H,3,7,9-11H2,(H,17,18,19). The average molecular weight is 342 g/mol. The van der Waals surface area contributed by atoms with Crippen LogP contribution in [-0.2, 0) is 9.15 Å². The van der Waals surface area contributed by atoms with Gasteiger partial charge in [0.1, 0.15) is 11.3 Å². The summed E-state index contributed by atoms with van der Waals surface area (Å²) < 4.78 is 35.3. The van der Waals surface area contributed by atoms with Gasteiger partial charge < -0.3 is 10.1 Å². The molecule has 2 aromatic rings. The Balaban J connectivity index is 1.66. The molecule has 2 N–H and O–H groups in total. The van der Waals surface area contributed by atoms with Gasteiger partial charge in [0, 0.05) is 23.9 Å². The van der Waals surface area contributed by atoms with Crippen molar-refractivity contribution in [3.05, 3.63) is 36.5 Å². The monoisotopic (exact) mass is 342 g/mol. The highest BCUT2D eigenvalue weighted by atomic mass is 33.1. The van der Waals surface area contributed by atoms with Crippen molar-refractivity contribution >= 4 is 30.8 Å². The molecule has 0 aliphatic carbocycles. The van der Waals surface area contributed by atoms with Gasteiger partial charge >= 0.3 is 9.15 Å². The van der Waals surface area contributed by atoms with Crippen LogP contribution in [0.3, 0.4) is 0 Å². The molecule has 0 amide bonds. The molecule has 0 unspecified atom stereocenters. The zero-order valence-electron chi connectivity index (χ0n) is 11.9. The van der Waals surface area contributed by atoms with Gasteiger partial charge in [-0.2, -0.15) is 8.42 Å². The van der Waals surface area contributed by atoms with Gasteiger partial charge in [0.2, 0.25) is 0 Å². The minimum Gasteiger partial charge on any atom is -0.491 e. The fraction of sp³-hybridized carbons (Fsp3) is 0.357. The number of nitrogens with one attached hydrogen (secondary N) is 1. The van der Waals surface area contributed by atoms with Crippen LogP contribution in [0, 0.1) is 0 Å². The highest BCUT2D eigenvalue weighted by molar-refractivity contribution is 8.69. The van der Waals surface area contributed by atoms with Crippen molar-refractivity contribution in [1.82, 2.24) is 10.3 Å². The predicted octanol–water partition coefficient (Wildman–Crippen LogP) is 2.13.